The van der Waals surface area contributed by atoms with E-state index in [1.807, 2.05) is 0 Å². The fourth-order valence-corrected chi connectivity index (χ4v) is 4.85. The molecule has 0 aliphatic heterocycles. The summed E-state index contributed by atoms with van der Waals surface area (Å²) in [6, 6.07) is 17.6. The van der Waals surface area contributed by atoms with Crippen LogP contribution in [-0.2, 0) is 6.42 Å². The van der Waals surface area contributed by atoms with Gasteiger partial charge in [0.05, 0.1) is 6.61 Å². The van der Waals surface area contributed by atoms with Gasteiger partial charge in [0, 0.05) is 0 Å². The second kappa shape index (κ2) is 14.3. The maximum Gasteiger partial charge on any atom is 0.119 e. The molecule has 0 spiro atoms. The number of benzene rings is 2. The molecule has 2 aromatic carbocycles. The Kier molecular flexibility index (Phi) is 11.1. The Bertz CT molecular complexity index is 793. The minimum atomic E-state index is 0.599. The van der Waals surface area contributed by atoms with Crippen molar-refractivity contribution < 1.29 is 4.74 Å². The van der Waals surface area contributed by atoms with E-state index in [9.17, 15) is 0 Å². The molecule has 0 aromatic heterocycles. The molecule has 0 bridgehead atoms. The summed E-state index contributed by atoms with van der Waals surface area (Å²) in [6.45, 7) is 7.53. The normalized spacial score (nSPS) is 19.6. The van der Waals surface area contributed by atoms with Gasteiger partial charge >= 0.3 is 0 Å². The number of hydrogen-bond acceptors (Lipinski definition) is 1. The van der Waals surface area contributed by atoms with E-state index in [2.05, 4.69) is 81.5 Å². The van der Waals surface area contributed by atoms with Gasteiger partial charge in [-0.2, -0.15) is 0 Å². The molecule has 180 valence electrons. The molecule has 1 aliphatic carbocycles. The molecule has 0 saturated heterocycles. The summed E-state index contributed by atoms with van der Waals surface area (Å²) in [6.07, 6.45) is 19.8. The summed E-state index contributed by atoms with van der Waals surface area (Å²) in [5.41, 5.74) is 3.96. The van der Waals surface area contributed by atoms with E-state index in [1.165, 1.54) is 68.1 Å². The van der Waals surface area contributed by atoms with E-state index < -0.39 is 0 Å². The van der Waals surface area contributed by atoms with Gasteiger partial charge in [-0.15, -0.1) is 0 Å². The Labute approximate surface area is 203 Å². The van der Waals surface area contributed by atoms with Gasteiger partial charge in [0.2, 0.25) is 0 Å². The van der Waals surface area contributed by atoms with E-state index >= 15 is 0 Å². The van der Waals surface area contributed by atoms with Gasteiger partial charge in [-0.1, -0.05) is 101 Å². The Balaban J connectivity index is 1.38. The molecule has 0 N–H and O–H groups in total. The lowest BCUT2D eigenvalue weighted by atomic mass is 9.79. The van der Waals surface area contributed by atoms with Crippen LogP contribution >= 0.6 is 0 Å². The second-order valence-corrected chi connectivity index (χ2v) is 10.3. The molecule has 0 radical (unpaired) electrons. The highest BCUT2D eigenvalue weighted by Gasteiger charge is 2.18. The third-order valence-electron chi connectivity index (χ3n) is 7.49. The van der Waals surface area contributed by atoms with Crippen LogP contribution in [0.1, 0.15) is 90.5 Å². The lowest BCUT2D eigenvalue weighted by Crippen LogP contribution is -2.13. The van der Waals surface area contributed by atoms with Crippen LogP contribution in [0, 0.1) is 17.8 Å². The van der Waals surface area contributed by atoms with E-state index in [1.54, 1.807) is 0 Å². The largest absolute Gasteiger partial charge is 0.493 e. The van der Waals surface area contributed by atoms with E-state index in [0.29, 0.717) is 5.92 Å². The highest BCUT2D eigenvalue weighted by molar-refractivity contribution is 5.64. The molecule has 1 heteroatoms. The van der Waals surface area contributed by atoms with Gasteiger partial charge in [-0.3, -0.25) is 0 Å². The number of aryl methyl sites for hydroxylation is 1. The Morgan fingerprint density at radius 1 is 0.879 bits per heavy atom. The zero-order valence-corrected chi connectivity index (χ0v) is 21.4. The third kappa shape index (κ3) is 9.03. The molecule has 0 heterocycles. The van der Waals surface area contributed by atoms with Crippen LogP contribution in [0.25, 0.3) is 11.1 Å². The molecule has 0 amide bonds. The highest BCUT2D eigenvalue weighted by atomic mass is 16.5. The summed E-state index contributed by atoms with van der Waals surface area (Å²) in [5, 5.41) is 0. The quantitative estimate of drug-likeness (QED) is 0.220. The molecular formula is C32H46O. The first-order chi connectivity index (χ1) is 16.2. The third-order valence-corrected chi connectivity index (χ3v) is 7.49. The van der Waals surface area contributed by atoms with Crippen molar-refractivity contribution >= 4 is 0 Å². The van der Waals surface area contributed by atoms with Gasteiger partial charge in [-0.25, -0.2) is 0 Å². The summed E-state index contributed by atoms with van der Waals surface area (Å²) >= 11 is 0. The van der Waals surface area contributed by atoms with Crippen molar-refractivity contribution in [1.29, 1.82) is 0 Å². The van der Waals surface area contributed by atoms with Crippen molar-refractivity contribution in [2.75, 3.05) is 6.61 Å². The maximum absolute atomic E-state index is 5.89. The van der Waals surface area contributed by atoms with Crippen LogP contribution in [-0.4, -0.2) is 6.61 Å². The SMILES string of the molecule is CCCCC[C@H]1CC[C@H](/C=C/CCc2ccc(-c3ccc(OC[C@@H](C)CC)cc3)cc2)CC1. The van der Waals surface area contributed by atoms with E-state index in [0.717, 1.165) is 43.5 Å². The fourth-order valence-electron chi connectivity index (χ4n) is 4.85. The Morgan fingerprint density at radius 3 is 2.18 bits per heavy atom. The average Bonchev–Trinajstić information content (AvgIpc) is 2.87. The van der Waals surface area contributed by atoms with Crippen LogP contribution < -0.4 is 4.74 Å². The molecule has 1 saturated carbocycles. The van der Waals surface area contributed by atoms with E-state index in [-0.39, 0.29) is 0 Å². The predicted octanol–water partition coefficient (Wildman–Crippen LogP) is 9.65. The minimum Gasteiger partial charge on any atom is -0.493 e. The molecule has 1 nitrogen and oxygen atoms in total. The number of allylic oxidation sites excluding steroid dienone is 2. The molecule has 0 unspecified atom stereocenters. The van der Waals surface area contributed by atoms with Crippen molar-refractivity contribution in [2.24, 2.45) is 17.8 Å². The van der Waals surface area contributed by atoms with Gasteiger partial charge < -0.3 is 4.74 Å². The molecule has 3 rings (SSSR count). The van der Waals surface area contributed by atoms with Crippen LogP contribution in [0.2, 0.25) is 0 Å². The van der Waals surface area contributed by atoms with Gasteiger partial charge in [0.15, 0.2) is 0 Å². The first kappa shape index (κ1) is 25.6. The topological polar surface area (TPSA) is 9.23 Å². The Hall–Kier alpha value is -2.02. The summed E-state index contributed by atoms with van der Waals surface area (Å²) in [5.74, 6) is 3.40. The van der Waals surface area contributed by atoms with Crippen LogP contribution in [0.5, 0.6) is 5.75 Å². The first-order valence-corrected chi connectivity index (χ1v) is 13.7. The molecule has 33 heavy (non-hydrogen) atoms. The monoisotopic (exact) mass is 446 g/mol. The zero-order chi connectivity index (χ0) is 23.3. The predicted molar refractivity (Wildman–Crippen MR) is 144 cm³/mol. The minimum absolute atomic E-state index is 0.599. The lowest BCUT2D eigenvalue weighted by Gasteiger charge is -2.26. The first-order valence-electron chi connectivity index (χ1n) is 13.7. The van der Waals surface area contributed by atoms with Crippen LogP contribution in [0.4, 0.5) is 0 Å². The summed E-state index contributed by atoms with van der Waals surface area (Å²) in [4.78, 5) is 0. The molecule has 2 aromatic rings. The zero-order valence-electron chi connectivity index (χ0n) is 21.4. The van der Waals surface area contributed by atoms with Gasteiger partial charge in [0.25, 0.3) is 0 Å². The van der Waals surface area contributed by atoms with Gasteiger partial charge in [-0.05, 0) is 85.1 Å². The lowest BCUT2D eigenvalue weighted by molar-refractivity contribution is 0.256. The summed E-state index contributed by atoms with van der Waals surface area (Å²) < 4.78 is 5.89. The molecule has 1 atom stereocenters. The van der Waals surface area contributed by atoms with Crippen molar-refractivity contribution in [3.8, 4) is 16.9 Å². The smallest absolute Gasteiger partial charge is 0.119 e. The standard InChI is InChI=1S/C32H46O/c1-4-6-7-10-27-13-15-28(16-14-27)11-8-9-12-29-17-19-30(20-18-29)31-21-23-32(24-22-31)33-25-26(3)5-2/h8,11,17-24,26-28H,4-7,9-10,12-16,25H2,1-3H3/b11-8+/t26-,27-,28-/m0/s1. The number of rotatable bonds is 13. The average molecular weight is 447 g/mol. The van der Waals surface area contributed by atoms with Gasteiger partial charge in [0.1, 0.15) is 5.75 Å². The van der Waals surface area contributed by atoms with Crippen molar-refractivity contribution in [3.05, 3.63) is 66.2 Å². The molecular weight excluding hydrogens is 400 g/mol. The maximum atomic E-state index is 5.89. The number of hydrogen-bond donors (Lipinski definition) is 0. The van der Waals surface area contributed by atoms with Crippen molar-refractivity contribution in [2.45, 2.75) is 91.4 Å². The van der Waals surface area contributed by atoms with Crippen molar-refractivity contribution in [3.63, 3.8) is 0 Å². The van der Waals surface area contributed by atoms with Crippen molar-refractivity contribution in [1.82, 2.24) is 0 Å². The second-order valence-electron chi connectivity index (χ2n) is 10.3. The molecule has 1 aliphatic rings. The van der Waals surface area contributed by atoms with Crippen LogP contribution in [0.3, 0.4) is 0 Å². The number of ether oxygens (including phenoxy) is 1. The Morgan fingerprint density at radius 2 is 1.55 bits per heavy atom. The summed E-state index contributed by atoms with van der Waals surface area (Å²) in [7, 11) is 0. The van der Waals surface area contributed by atoms with E-state index in [4.69, 9.17) is 4.74 Å². The number of unbranched alkanes of at least 4 members (excludes halogenated alkanes) is 2. The highest BCUT2D eigenvalue weighted by Crippen LogP contribution is 2.32. The molecule has 1 fully saturated rings. The van der Waals surface area contributed by atoms with Crippen LogP contribution in [0.15, 0.2) is 60.7 Å². The fraction of sp³-hybridized carbons (Fsp3) is 0.562.